The zero-order chi connectivity index (χ0) is 15.4. The lowest BCUT2D eigenvalue weighted by Gasteiger charge is -2.24. The second-order valence-electron chi connectivity index (χ2n) is 5.64. The number of aryl methyl sites for hydroxylation is 3. The van der Waals surface area contributed by atoms with Crippen molar-refractivity contribution in [2.24, 2.45) is 0 Å². The lowest BCUT2D eigenvalue weighted by Crippen LogP contribution is -2.18. The Morgan fingerprint density at radius 3 is 2.33 bits per heavy atom. The summed E-state index contributed by atoms with van der Waals surface area (Å²) in [5.74, 6) is 0. The summed E-state index contributed by atoms with van der Waals surface area (Å²) in [6.07, 6.45) is 1.98. The van der Waals surface area contributed by atoms with Gasteiger partial charge in [0.2, 0.25) is 0 Å². The van der Waals surface area contributed by atoms with Crippen LogP contribution >= 0.6 is 0 Å². The number of anilines is 2. The first-order valence-corrected chi connectivity index (χ1v) is 7.49. The van der Waals surface area contributed by atoms with E-state index in [9.17, 15) is 0 Å². The topological polar surface area (TPSA) is 28.2 Å². The van der Waals surface area contributed by atoms with Crippen LogP contribution in [0.1, 0.15) is 29.3 Å². The van der Waals surface area contributed by atoms with Crippen LogP contribution in [0.25, 0.3) is 0 Å². The van der Waals surface area contributed by atoms with Crippen molar-refractivity contribution in [1.29, 1.82) is 0 Å². The van der Waals surface area contributed by atoms with Crippen LogP contribution < -0.4 is 10.2 Å². The minimum absolute atomic E-state index is 0.842. The van der Waals surface area contributed by atoms with Crippen LogP contribution in [-0.2, 0) is 6.54 Å². The van der Waals surface area contributed by atoms with Crippen molar-refractivity contribution in [3.63, 3.8) is 0 Å². The molecular formula is C18H25N3. The average Bonchev–Trinajstić information content (AvgIpc) is 2.44. The summed E-state index contributed by atoms with van der Waals surface area (Å²) in [7, 11) is 2.12. The maximum Gasteiger partial charge on any atom is 0.0487 e. The molecule has 0 radical (unpaired) electrons. The molecule has 1 heterocycles. The van der Waals surface area contributed by atoms with E-state index in [1.807, 2.05) is 13.1 Å². The molecule has 0 unspecified atom stereocenters. The molecule has 0 aliphatic carbocycles. The van der Waals surface area contributed by atoms with E-state index in [1.165, 1.54) is 28.1 Å². The van der Waals surface area contributed by atoms with E-state index < -0.39 is 0 Å². The zero-order valence-corrected chi connectivity index (χ0v) is 13.7. The molecule has 1 N–H and O–H groups in total. The Balaban J connectivity index is 2.41. The van der Waals surface area contributed by atoms with Crippen LogP contribution in [0.2, 0.25) is 0 Å². The van der Waals surface area contributed by atoms with Crippen molar-refractivity contribution in [3.8, 4) is 0 Å². The van der Waals surface area contributed by atoms with Gasteiger partial charge in [0.25, 0.3) is 0 Å². The fourth-order valence-corrected chi connectivity index (χ4v) is 2.57. The Bertz CT molecular complexity index is 600. The van der Waals surface area contributed by atoms with Gasteiger partial charge in [0.05, 0.1) is 0 Å². The van der Waals surface area contributed by atoms with E-state index in [0.29, 0.717) is 0 Å². The average molecular weight is 283 g/mol. The number of rotatable bonds is 5. The third-order valence-corrected chi connectivity index (χ3v) is 3.62. The molecule has 21 heavy (non-hydrogen) atoms. The van der Waals surface area contributed by atoms with Crippen molar-refractivity contribution in [3.05, 3.63) is 52.8 Å². The second kappa shape index (κ2) is 6.72. The number of nitrogens with zero attached hydrogens (tertiary/aromatic N) is 2. The molecule has 2 rings (SSSR count). The number of benzene rings is 1. The van der Waals surface area contributed by atoms with Gasteiger partial charge < -0.3 is 10.2 Å². The van der Waals surface area contributed by atoms with Gasteiger partial charge in [-0.3, -0.25) is 4.98 Å². The van der Waals surface area contributed by atoms with Crippen molar-refractivity contribution in [1.82, 2.24) is 10.3 Å². The molecule has 0 aliphatic rings. The predicted molar refractivity (Wildman–Crippen MR) is 90.3 cm³/mol. The Hall–Kier alpha value is -1.87. The number of hydrogen-bond acceptors (Lipinski definition) is 3. The van der Waals surface area contributed by atoms with Gasteiger partial charge >= 0.3 is 0 Å². The normalized spacial score (nSPS) is 10.7. The van der Waals surface area contributed by atoms with Crippen LogP contribution in [0.4, 0.5) is 11.4 Å². The van der Waals surface area contributed by atoms with Gasteiger partial charge in [0, 0.05) is 42.4 Å². The molecule has 0 saturated carbocycles. The molecule has 0 spiro atoms. The zero-order valence-electron chi connectivity index (χ0n) is 13.7. The summed E-state index contributed by atoms with van der Waals surface area (Å²) in [6, 6.07) is 8.80. The van der Waals surface area contributed by atoms with Crippen LogP contribution in [-0.4, -0.2) is 18.6 Å². The van der Waals surface area contributed by atoms with Crippen LogP contribution in [0, 0.1) is 20.8 Å². The van der Waals surface area contributed by atoms with E-state index >= 15 is 0 Å². The quantitative estimate of drug-likeness (QED) is 0.902. The van der Waals surface area contributed by atoms with Crippen molar-refractivity contribution in [2.75, 3.05) is 18.5 Å². The molecule has 1 aromatic heterocycles. The summed E-state index contributed by atoms with van der Waals surface area (Å²) < 4.78 is 0. The molecule has 0 aliphatic heterocycles. The highest BCUT2D eigenvalue weighted by atomic mass is 15.1. The fourth-order valence-electron chi connectivity index (χ4n) is 2.57. The van der Waals surface area contributed by atoms with E-state index in [1.54, 1.807) is 0 Å². The minimum Gasteiger partial charge on any atom is -0.344 e. The molecule has 3 heteroatoms. The van der Waals surface area contributed by atoms with E-state index in [2.05, 4.69) is 67.3 Å². The Labute approximate surface area is 128 Å². The molecule has 2 aromatic rings. The molecule has 0 atom stereocenters. The number of aromatic nitrogens is 1. The highest BCUT2D eigenvalue weighted by molar-refractivity contribution is 5.67. The summed E-state index contributed by atoms with van der Waals surface area (Å²) in [6.45, 7) is 10.2. The number of pyridine rings is 1. The first-order valence-electron chi connectivity index (χ1n) is 7.49. The summed E-state index contributed by atoms with van der Waals surface area (Å²) in [5, 5.41) is 3.39. The lowest BCUT2D eigenvalue weighted by molar-refractivity contribution is 0.723. The maximum atomic E-state index is 4.44. The van der Waals surface area contributed by atoms with Crippen LogP contribution in [0.15, 0.2) is 30.5 Å². The van der Waals surface area contributed by atoms with Gasteiger partial charge in [0.15, 0.2) is 0 Å². The van der Waals surface area contributed by atoms with Crippen LogP contribution in [0.5, 0.6) is 0 Å². The second-order valence-corrected chi connectivity index (χ2v) is 5.64. The summed E-state index contributed by atoms with van der Waals surface area (Å²) >= 11 is 0. The minimum atomic E-state index is 0.842. The van der Waals surface area contributed by atoms with Crippen LogP contribution in [0.3, 0.4) is 0 Å². The monoisotopic (exact) mass is 283 g/mol. The molecular weight excluding hydrogens is 258 g/mol. The third kappa shape index (κ3) is 3.82. The Kier molecular flexibility index (Phi) is 4.97. The molecule has 0 saturated heterocycles. The molecule has 1 aromatic carbocycles. The Morgan fingerprint density at radius 1 is 1.05 bits per heavy atom. The lowest BCUT2D eigenvalue weighted by atomic mass is 10.1. The highest BCUT2D eigenvalue weighted by Crippen LogP contribution is 2.28. The smallest absolute Gasteiger partial charge is 0.0487 e. The Morgan fingerprint density at radius 2 is 1.71 bits per heavy atom. The molecule has 112 valence electrons. The summed E-state index contributed by atoms with van der Waals surface area (Å²) in [4.78, 5) is 6.69. The van der Waals surface area contributed by atoms with E-state index in [4.69, 9.17) is 0 Å². The SMILES string of the molecule is CCNCc1cnc(C)cc1N(C)c1cc(C)cc(C)c1. The highest BCUT2D eigenvalue weighted by Gasteiger charge is 2.11. The molecule has 0 amide bonds. The predicted octanol–water partition coefficient (Wildman–Crippen LogP) is 3.88. The van der Waals surface area contributed by atoms with Gasteiger partial charge in [-0.05, 0) is 56.6 Å². The number of hydrogen-bond donors (Lipinski definition) is 1. The van der Waals surface area contributed by atoms with Gasteiger partial charge in [-0.25, -0.2) is 0 Å². The van der Waals surface area contributed by atoms with Gasteiger partial charge in [0.1, 0.15) is 0 Å². The fraction of sp³-hybridized carbons (Fsp3) is 0.389. The maximum absolute atomic E-state index is 4.44. The first kappa shape index (κ1) is 15.5. The van der Waals surface area contributed by atoms with Gasteiger partial charge in [-0.2, -0.15) is 0 Å². The largest absolute Gasteiger partial charge is 0.344 e. The molecule has 0 fully saturated rings. The van der Waals surface area contributed by atoms with Gasteiger partial charge in [-0.1, -0.05) is 13.0 Å². The van der Waals surface area contributed by atoms with Crippen molar-refractivity contribution in [2.45, 2.75) is 34.2 Å². The molecule has 3 nitrogen and oxygen atoms in total. The van der Waals surface area contributed by atoms with E-state index in [0.717, 1.165) is 18.8 Å². The van der Waals surface area contributed by atoms with Crippen molar-refractivity contribution < 1.29 is 0 Å². The standard InChI is InChI=1S/C18H25N3/c1-6-19-11-16-12-20-15(4)10-18(16)21(5)17-8-13(2)7-14(3)9-17/h7-10,12,19H,6,11H2,1-5H3. The summed E-state index contributed by atoms with van der Waals surface area (Å²) in [5.41, 5.74) is 7.28. The van der Waals surface area contributed by atoms with Crippen molar-refractivity contribution >= 4 is 11.4 Å². The number of nitrogens with one attached hydrogen (secondary N) is 1. The molecule has 0 bridgehead atoms. The van der Waals surface area contributed by atoms with E-state index in [-0.39, 0.29) is 0 Å². The third-order valence-electron chi connectivity index (χ3n) is 3.62. The van der Waals surface area contributed by atoms with Gasteiger partial charge in [-0.15, -0.1) is 0 Å². The first-order chi connectivity index (χ1) is 10.0.